The van der Waals surface area contributed by atoms with Gasteiger partial charge in [0.2, 0.25) is 5.82 Å². The molecule has 0 aliphatic rings. The second-order valence-corrected chi connectivity index (χ2v) is 5.27. The average Bonchev–Trinajstić information content (AvgIpc) is 2.87. The number of rotatable bonds is 2. The normalized spacial score (nSPS) is 10.8. The molecule has 0 unspecified atom stereocenters. The number of phenols is 1. The Hall–Kier alpha value is -2.41. The molecule has 3 aromatic rings. The van der Waals surface area contributed by atoms with Crippen molar-refractivity contribution < 1.29 is 14.0 Å². The quantitative estimate of drug-likeness (QED) is 0.690. The van der Waals surface area contributed by atoms with Crippen molar-refractivity contribution in [2.45, 2.75) is 0 Å². The van der Waals surface area contributed by atoms with Gasteiger partial charge in [-0.25, -0.2) is 4.39 Å². The van der Waals surface area contributed by atoms with Crippen LogP contribution in [0.1, 0.15) is 0 Å². The fourth-order valence-corrected chi connectivity index (χ4v) is 2.33. The molecule has 106 valence electrons. The lowest BCUT2D eigenvalue weighted by Gasteiger charge is -2.00. The second-order valence-electron chi connectivity index (χ2n) is 4.36. The summed E-state index contributed by atoms with van der Waals surface area (Å²) in [5.41, 5.74) is 6.81. The first-order valence-electron chi connectivity index (χ1n) is 5.92. The third kappa shape index (κ3) is 2.73. The fourth-order valence-electron chi connectivity index (χ4n) is 1.86. The molecule has 0 amide bonds. The molecule has 0 atom stereocenters. The lowest BCUT2D eigenvalue weighted by atomic mass is 10.2. The maximum atomic E-state index is 13.4. The summed E-state index contributed by atoms with van der Waals surface area (Å²) < 4.78 is 19.1. The van der Waals surface area contributed by atoms with Crippen LogP contribution >= 0.6 is 15.9 Å². The Morgan fingerprint density at radius 1 is 1.19 bits per heavy atom. The molecule has 0 saturated carbocycles. The monoisotopic (exact) mass is 349 g/mol. The molecular weight excluding hydrogens is 341 g/mol. The Morgan fingerprint density at radius 2 is 2.00 bits per heavy atom. The second kappa shape index (κ2) is 5.17. The van der Waals surface area contributed by atoms with Gasteiger partial charge in [0.15, 0.2) is 0 Å². The van der Waals surface area contributed by atoms with Gasteiger partial charge in [-0.3, -0.25) is 0 Å². The van der Waals surface area contributed by atoms with Crippen molar-refractivity contribution >= 4 is 21.6 Å². The summed E-state index contributed by atoms with van der Waals surface area (Å²) in [6, 6.07) is 8.86. The molecular formula is C14H9BrFN3O2. The van der Waals surface area contributed by atoms with E-state index in [1.165, 1.54) is 18.2 Å². The average molecular weight is 350 g/mol. The molecule has 0 bridgehead atoms. The third-order valence-corrected chi connectivity index (χ3v) is 3.26. The minimum absolute atomic E-state index is 0.0642. The first-order valence-corrected chi connectivity index (χ1v) is 6.71. The van der Waals surface area contributed by atoms with Crippen LogP contribution in [0.5, 0.6) is 5.75 Å². The minimum Gasteiger partial charge on any atom is -0.507 e. The minimum atomic E-state index is -0.416. The Balaban J connectivity index is 2.03. The number of hydrogen-bond donors (Lipinski definition) is 2. The van der Waals surface area contributed by atoms with Crippen molar-refractivity contribution in [1.29, 1.82) is 0 Å². The Bertz CT molecular complexity index is 799. The van der Waals surface area contributed by atoms with Crippen LogP contribution in [0.25, 0.3) is 22.8 Å². The molecule has 3 rings (SSSR count). The standard InChI is InChI=1S/C14H9BrFN3O2/c15-8-3-7(4-9(16)5-8)13-18-14(21-19-13)11-2-1-10(17)6-12(11)20/h1-6,20H,17H2. The summed E-state index contributed by atoms with van der Waals surface area (Å²) in [6.45, 7) is 0. The molecule has 2 aromatic carbocycles. The summed E-state index contributed by atoms with van der Waals surface area (Å²) in [7, 11) is 0. The van der Waals surface area contributed by atoms with Gasteiger partial charge < -0.3 is 15.4 Å². The topological polar surface area (TPSA) is 85.2 Å². The van der Waals surface area contributed by atoms with Crippen molar-refractivity contribution in [2.75, 3.05) is 5.73 Å². The first kappa shape index (κ1) is 13.6. The molecule has 5 nitrogen and oxygen atoms in total. The van der Waals surface area contributed by atoms with E-state index < -0.39 is 5.82 Å². The van der Waals surface area contributed by atoms with Gasteiger partial charge in [-0.15, -0.1) is 0 Å². The lowest BCUT2D eigenvalue weighted by molar-refractivity contribution is 0.426. The van der Waals surface area contributed by atoms with Crippen LogP contribution in [-0.2, 0) is 0 Å². The smallest absolute Gasteiger partial charge is 0.262 e. The van der Waals surface area contributed by atoms with Gasteiger partial charge in [0.25, 0.3) is 5.89 Å². The van der Waals surface area contributed by atoms with Crippen LogP contribution in [0.15, 0.2) is 45.4 Å². The number of nitrogen functional groups attached to an aromatic ring is 1. The molecule has 1 heterocycles. The van der Waals surface area contributed by atoms with Gasteiger partial charge in [-0.1, -0.05) is 21.1 Å². The molecule has 0 aliphatic heterocycles. The van der Waals surface area contributed by atoms with E-state index in [1.54, 1.807) is 18.2 Å². The SMILES string of the molecule is Nc1ccc(-c2nc(-c3cc(F)cc(Br)c3)no2)c(O)c1. The first-order chi connectivity index (χ1) is 10.0. The van der Waals surface area contributed by atoms with E-state index in [4.69, 9.17) is 10.3 Å². The highest BCUT2D eigenvalue weighted by atomic mass is 79.9. The number of hydrogen-bond acceptors (Lipinski definition) is 5. The largest absolute Gasteiger partial charge is 0.507 e. The van der Waals surface area contributed by atoms with Gasteiger partial charge in [0, 0.05) is 21.8 Å². The maximum absolute atomic E-state index is 13.4. The predicted octanol–water partition coefficient (Wildman–Crippen LogP) is 3.59. The van der Waals surface area contributed by atoms with Crippen LogP contribution in [0.3, 0.4) is 0 Å². The van der Waals surface area contributed by atoms with E-state index in [0.29, 0.717) is 21.3 Å². The van der Waals surface area contributed by atoms with Gasteiger partial charge in [-0.2, -0.15) is 4.98 Å². The highest BCUT2D eigenvalue weighted by Crippen LogP contribution is 2.31. The molecule has 1 aromatic heterocycles. The van der Waals surface area contributed by atoms with Gasteiger partial charge in [-0.05, 0) is 30.3 Å². The molecule has 0 aliphatic carbocycles. The summed E-state index contributed by atoms with van der Waals surface area (Å²) in [6.07, 6.45) is 0. The number of anilines is 1. The number of aromatic hydroxyl groups is 1. The summed E-state index contributed by atoms with van der Waals surface area (Å²) in [5.74, 6) is -0.129. The molecule has 21 heavy (non-hydrogen) atoms. The number of nitrogens with two attached hydrogens (primary N) is 1. The lowest BCUT2D eigenvalue weighted by Crippen LogP contribution is -1.86. The van der Waals surface area contributed by atoms with E-state index in [0.717, 1.165) is 0 Å². The zero-order valence-corrected chi connectivity index (χ0v) is 12.1. The Kier molecular flexibility index (Phi) is 3.34. The Morgan fingerprint density at radius 3 is 2.71 bits per heavy atom. The number of aromatic nitrogens is 2. The molecule has 0 spiro atoms. The van der Waals surface area contributed by atoms with Crippen molar-refractivity contribution in [2.24, 2.45) is 0 Å². The van der Waals surface area contributed by atoms with Gasteiger partial charge in [0.05, 0.1) is 5.56 Å². The number of halogens is 2. The van der Waals surface area contributed by atoms with E-state index in [2.05, 4.69) is 26.1 Å². The molecule has 0 radical (unpaired) electrons. The fraction of sp³-hybridized carbons (Fsp3) is 0. The van der Waals surface area contributed by atoms with E-state index in [1.807, 2.05) is 0 Å². The number of benzene rings is 2. The molecule has 0 fully saturated rings. The number of nitrogens with zero attached hydrogens (tertiary/aromatic N) is 2. The summed E-state index contributed by atoms with van der Waals surface area (Å²) in [4.78, 5) is 4.16. The highest BCUT2D eigenvalue weighted by molar-refractivity contribution is 9.10. The van der Waals surface area contributed by atoms with Crippen LogP contribution in [-0.4, -0.2) is 15.2 Å². The van der Waals surface area contributed by atoms with E-state index >= 15 is 0 Å². The van der Waals surface area contributed by atoms with E-state index in [9.17, 15) is 9.50 Å². The van der Waals surface area contributed by atoms with Crippen molar-refractivity contribution in [1.82, 2.24) is 10.1 Å². The zero-order valence-electron chi connectivity index (χ0n) is 10.5. The number of phenolic OH excluding ortho intramolecular Hbond substituents is 1. The zero-order chi connectivity index (χ0) is 15.0. The van der Waals surface area contributed by atoms with Crippen LogP contribution < -0.4 is 5.73 Å². The van der Waals surface area contributed by atoms with Crippen molar-refractivity contribution in [3.63, 3.8) is 0 Å². The van der Waals surface area contributed by atoms with Crippen LogP contribution in [0.2, 0.25) is 0 Å². The van der Waals surface area contributed by atoms with Crippen LogP contribution in [0.4, 0.5) is 10.1 Å². The molecule has 0 saturated heterocycles. The van der Waals surface area contributed by atoms with Gasteiger partial charge in [0.1, 0.15) is 11.6 Å². The summed E-state index contributed by atoms with van der Waals surface area (Å²) >= 11 is 3.20. The Labute approximate surface area is 127 Å². The molecule has 7 heteroatoms. The van der Waals surface area contributed by atoms with Gasteiger partial charge >= 0.3 is 0 Å². The maximum Gasteiger partial charge on any atom is 0.262 e. The molecule has 3 N–H and O–H groups in total. The summed E-state index contributed by atoms with van der Waals surface area (Å²) in [5, 5.41) is 13.6. The van der Waals surface area contributed by atoms with E-state index in [-0.39, 0.29) is 17.5 Å². The third-order valence-electron chi connectivity index (χ3n) is 2.80. The van der Waals surface area contributed by atoms with Crippen LogP contribution in [0, 0.1) is 5.82 Å². The van der Waals surface area contributed by atoms with Crippen molar-refractivity contribution in [3.05, 3.63) is 46.7 Å². The highest BCUT2D eigenvalue weighted by Gasteiger charge is 2.15. The predicted molar refractivity (Wildman–Crippen MR) is 78.9 cm³/mol. The van der Waals surface area contributed by atoms with Crippen molar-refractivity contribution in [3.8, 4) is 28.6 Å².